The Morgan fingerprint density at radius 3 is 0.872 bits per heavy atom. The topological polar surface area (TPSA) is 0 Å². The summed E-state index contributed by atoms with van der Waals surface area (Å²) in [6, 6.07) is 20.6. The molecule has 220 valence electrons. The van der Waals surface area contributed by atoms with Crippen LogP contribution in [0.15, 0.2) is 72.8 Å². The summed E-state index contributed by atoms with van der Waals surface area (Å²) < 4.78 is 0. The zero-order chi connectivity index (χ0) is 26.7. The molecule has 0 unspecified atom stereocenters. The van der Waals surface area contributed by atoms with Crippen molar-refractivity contribution in [2.75, 3.05) is 37.0 Å². The first-order chi connectivity index (χ1) is 17.6. The maximum atomic E-state index is 2.31. The Hall–Kier alpha value is 0.243. The Morgan fingerprint density at radius 2 is 0.667 bits per heavy atom. The van der Waals surface area contributed by atoms with Gasteiger partial charge in [0, 0.05) is 0 Å². The fraction of sp³-hybridized carbons (Fsp3) is 0.529. The van der Waals surface area contributed by atoms with Crippen molar-refractivity contribution < 1.29 is 51.0 Å². The summed E-state index contributed by atoms with van der Waals surface area (Å²) in [5.41, 5.74) is 2.44. The first-order valence-corrected chi connectivity index (χ1v) is 18.3. The second kappa shape index (κ2) is 36.3. The predicted octanol–water partition coefficient (Wildman–Crippen LogP) is 5.82. The van der Waals surface area contributed by atoms with Crippen LogP contribution in [0.25, 0.3) is 12.2 Å². The molecule has 39 heavy (non-hydrogen) atoms. The van der Waals surface area contributed by atoms with E-state index in [1.807, 2.05) is 36.4 Å². The van der Waals surface area contributed by atoms with E-state index in [9.17, 15) is 0 Å². The maximum absolute atomic E-state index is 2.31. The molecule has 0 atom stereocenters. The zero-order valence-electron chi connectivity index (χ0n) is 25.7. The molecule has 0 aliphatic heterocycles. The summed E-state index contributed by atoms with van der Waals surface area (Å²) in [5, 5.41) is 0. The normalized spacial score (nSPS) is 10.2. The molecule has 0 aromatic heterocycles. The Balaban J connectivity index is -0.000000238. The SMILES string of the molecule is C(C=Cc1ccccc1)=Cc1ccccc1.CCCP(CCC)CCC.CCCP(CCC)CCC.[Cl-].[Cl-].[Zr+2]. The average molecular weight is 689 g/mol. The Kier molecular flexibility index (Phi) is 43.0. The molecule has 2 rings (SSSR count). The van der Waals surface area contributed by atoms with Crippen molar-refractivity contribution in [1.82, 2.24) is 0 Å². The van der Waals surface area contributed by atoms with E-state index in [0.29, 0.717) is 15.8 Å². The van der Waals surface area contributed by atoms with Gasteiger partial charge in [-0.25, -0.2) is 0 Å². The number of allylic oxidation sites excluding steroid dienone is 2. The maximum Gasteiger partial charge on any atom is 2.00 e. The summed E-state index contributed by atoms with van der Waals surface area (Å²) in [6.07, 6.45) is 25.7. The van der Waals surface area contributed by atoms with E-state index in [4.69, 9.17) is 0 Å². The minimum absolute atomic E-state index is 0. The fourth-order valence-electron chi connectivity index (χ4n) is 4.03. The summed E-state index contributed by atoms with van der Waals surface area (Å²) in [4.78, 5) is 0. The third-order valence-corrected chi connectivity index (χ3v) is 12.0. The molecule has 0 aliphatic rings. The van der Waals surface area contributed by atoms with Crippen LogP contribution in [0.2, 0.25) is 0 Å². The number of hydrogen-bond donors (Lipinski definition) is 0. The van der Waals surface area contributed by atoms with Gasteiger partial charge < -0.3 is 24.8 Å². The molecule has 0 heterocycles. The first-order valence-electron chi connectivity index (χ1n) is 14.5. The van der Waals surface area contributed by atoms with E-state index in [0.717, 1.165) is 0 Å². The minimum atomic E-state index is 0. The van der Waals surface area contributed by atoms with Gasteiger partial charge in [-0.3, -0.25) is 0 Å². The Morgan fingerprint density at radius 1 is 0.436 bits per heavy atom. The van der Waals surface area contributed by atoms with E-state index >= 15 is 0 Å². The summed E-state index contributed by atoms with van der Waals surface area (Å²) in [6.45, 7) is 13.8. The summed E-state index contributed by atoms with van der Waals surface area (Å²) >= 11 is 0. The number of benzene rings is 2. The molecule has 5 heteroatoms. The van der Waals surface area contributed by atoms with Crippen molar-refractivity contribution >= 4 is 28.0 Å². The van der Waals surface area contributed by atoms with Crippen molar-refractivity contribution in [1.29, 1.82) is 0 Å². The van der Waals surface area contributed by atoms with E-state index in [1.54, 1.807) is 0 Å². The van der Waals surface area contributed by atoms with Gasteiger partial charge in [0.2, 0.25) is 0 Å². The van der Waals surface area contributed by atoms with Crippen LogP contribution in [0.3, 0.4) is 0 Å². The molecule has 2 aromatic carbocycles. The molecule has 0 fully saturated rings. The molecular weight excluding hydrogens is 632 g/mol. The molecule has 0 spiro atoms. The minimum Gasteiger partial charge on any atom is -1.00 e. The number of halogens is 2. The molecule has 0 nitrogen and oxygen atoms in total. The van der Waals surface area contributed by atoms with Gasteiger partial charge in [0.15, 0.2) is 0 Å². The van der Waals surface area contributed by atoms with E-state index < -0.39 is 0 Å². The van der Waals surface area contributed by atoms with Crippen LogP contribution in [0, 0.1) is 0 Å². The van der Waals surface area contributed by atoms with Crippen LogP contribution in [0.1, 0.15) is 91.2 Å². The second-order valence-corrected chi connectivity index (χ2v) is 14.6. The van der Waals surface area contributed by atoms with Crippen LogP contribution in [0.5, 0.6) is 0 Å². The molecule has 0 radical (unpaired) electrons. The van der Waals surface area contributed by atoms with E-state index in [1.165, 1.54) is 86.6 Å². The van der Waals surface area contributed by atoms with Crippen molar-refractivity contribution in [2.24, 2.45) is 0 Å². The van der Waals surface area contributed by atoms with Gasteiger partial charge in [-0.2, -0.15) is 0 Å². The Bertz CT molecular complexity index is 660. The van der Waals surface area contributed by atoms with Crippen molar-refractivity contribution in [3.8, 4) is 0 Å². The smallest absolute Gasteiger partial charge is 1.00 e. The van der Waals surface area contributed by atoms with Crippen LogP contribution >= 0.6 is 15.8 Å². The number of hydrogen-bond acceptors (Lipinski definition) is 0. The standard InChI is InChI=1S/C16H14.2C9H21P.2ClH.Zr/c1-3-9-15(10-4-1)13-7-8-14-16-11-5-2-6-12-16;2*1-4-7-10(8-5-2)9-6-3;;;/h1-14H;2*4-9H2,1-3H3;2*1H;/q;;;;;+2/p-2. The van der Waals surface area contributed by atoms with Crippen LogP contribution in [0.4, 0.5) is 0 Å². The molecule has 0 N–H and O–H groups in total. The first kappa shape index (κ1) is 46.2. The van der Waals surface area contributed by atoms with Gasteiger partial charge >= 0.3 is 26.2 Å². The Labute approximate surface area is 278 Å². The molecule has 0 bridgehead atoms. The quantitative estimate of drug-likeness (QED) is 0.164. The molecule has 0 saturated carbocycles. The summed E-state index contributed by atoms with van der Waals surface area (Å²) in [7, 11) is 0.878. The average Bonchev–Trinajstić information content (AvgIpc) is 2.90. The van der Waals surface area contributed by atoms with Gasteiger partial charge in [0.05, 0.1) is 0 Å². The van der Waals surface area contributed by atoms with Crippen molar-refractivity contribution in [3.63, 3.8) is 0 Å². The van der Waals surface area contributed by atoms with Crippen LogP contribution in [-0.4, -0.2) is 37.0 Å². The van der Waals surface area contributed by atoms with E-state index in [2.05, 4.69) is 90.1 Å². The van der Waals surface area contributed by atoms with Crippen molar-refractivity contribution in [2.45, 2.75) is 80.1 Å². The van der Waals surface area contributed by atoms with Gasteiger partial charge in [0.1, 0.15) is 0 Å². The molecule has 0 aliphatic carbocycles. The second-order valence-electron chi connectivity index (χ2n) is 9.22. The molecule has 0 saturated heterocycles. The van der Waals surface area contributed by atoms with Gasteiger partial charge in [-0.1, -0.05) is 165 Å². The molecular formula is C34H56Cl2P2Zr. The largest absolute Gasteiger partial charge is 2.00 e. The third kappa shape index (κ3) is 29.5. The van der Waals surface area contributed by atoms with Crippen LogP contribution < -0.4 is 24.8 Å². The fourth-order valence-corrected chi connectivity index (χ4v) is 9.17. The molecule has 2 aromatic rings. The predicted molar refractivity (Wildman–Crippen MR) is 176 cm³/mol. The molecule has 0 amide bonds. The van der Waals surface area contributed by atoms with Gasteiger partial charge in [-0.05, 0) is 48.1 Å². The third-order valence-electron chi connectivity index (χ3n) is 5.53. The summed E-state index contributed by atoms with van der Waals surface area (Å²) in [5.74, 6) is 0. The van der Waals surface area contributed by atoms with Gasteiger partial charge in [0.25, 0.3) is 0 Å². The van der Waals surface area contributed by atoms with E-state index in [-0.39, 0.29) is 51.0 Å². The van der Waals surface area contributed by atoms with Crippen LogP contribution in [-0.2, 0) is 26.2 Å². The zero-order valence-corrected chi connectivity index (χ0v) is 31.5. The number of rotatable bonds is 15. The van der Waals surface area contributed by atoms with Crippen molar-refractivity contribution in [3.05, 3.63) is 83.9 Å². The monoisotopic (exact) mass is 686 g/mol. The van der Waals surface area contributed by atoms with Gasteiger partial charge in [-0.15, -0.1) is 15.8 Å².